The quantitative estimate of drug-likeness (QED) is 0.515. The van der Waals surface area contributed by atoms with Crippen LogP contribution in [0, 0.1) is 5.92 Å². The van der Waals surface area contributed by atoms with Gasteiger partial charge in [-0.1, -0.05) is 65.7 Å². The van der Waals surface area contributed by atoms with Gasteiger partial charge in [-0.15, -0.1) is 0 Å². The minimum absolute atomic E-state index is 0.529. The maximum Gasteiger partial charge on any atom is 0.0743 e. The monoisotopic (exact) mass is 257 g/mol. The molecular weight excluding hydrogens is 222 g/mol. The van der Waals surface area contributed by atoms with Gasteiger partial charge < -0.3 is 10.4 Å². The smallest absolute Gasteiger partial charge is 0.0743 e. The average molecular weight is 257 g/mol. The van der Waals surface area contributed by atoms with E-state index in [1.54, 1.807) is 0 Å². The fourth-order valence-electron chi connectivity index (χ4n) is 2.18. The first-order valence-electron chi connectivity index (χ1n) is 7.91. The molecule has 2 heteroatoms. The fraction of sp³-hybridized carbons (Fsp3) is 1.00. The summed E-state index contributed by atoms with van der Waals surface area (Å²) in [6.45, 7) is 10.3. The Bertz CT molecular complexity index is 178. The molecule has 110 valence electrons. The molecule has 0 heterocycles. The molecule has 0 bridgehead atoms. The molecule has 0 radical (unpaired) electrons. The van der Waals surface area contributed by atoms with Crippen LogP contribution in [0.2, 0.25) is 0 Å². The van der Waals surface area contributed by atoms with Gasteiger partial charge in [0, 0.05) is 6.54 Å². The summed E-state index contributed by atoms with van der Waals surface area (Å²) in [5.74, 6) is 0.652. The Morgan fingerprint density at radius 2 is 1.56 bits per heavy atom. The summed E-state index contributed by atoms with van der Waals surface area (Å²) >= 11 is 0. The van der Waals surface area contributed by atoms with Crippen LogP contribution in [0.1, 0.15) is 79.1 Å². The van der Waals surface area contributed by atoms with Crippen LogP contribution in [0.3, 0.4) is 0 Å². The van der Waals surface area contributed by atoms with Gasteiger partial charge in [-0.2, -0.15) is 0 Å². The van der Waals surface area contributed by atoms with Crippen molar-refractivity contribution < 1.29 is 5.11 Å². The van der Waals surface area contributed by atoms with Crippen molar-refractivity contribution in [3.05, 3.63) is 0 Å². The van der Waals surface area contributed by atoms with E-state index in [2.05, 4.69) is 26.1 Å². The fourth-order valence-corrected chi connectivity index (χ4v) is 2.18. The van der Waals surface area contributed by atoms with Gasteiger partial charge in [0.15, 0.2) is 0 Å². The minimum Gasteiger partial charge on any atom is -0.389 e. The molecular formula is C16H35NO. The van der Waals surface area contributed by atoms with Gasteiger partial charge >= 0.3 is 0 Å². The Hall–Kier alpha value is -0.0800. The van der Waals surface area contributed by atoms with Crippen LogP contribution in [0.15, 0.2) is 0 Å². The second-order valence-corrected chi connectivity index (χ2v) is 6.39. The molecule has 0 aromatic carbocycles. The predicted molar refractivity (Wildman–Crippen MR) is 80.9 cm³/mol. The molecule has 1 atom stereocenters. The van der Waals surface area contributed by atoms with E-state index in [0.717, 1.165) is 25.9 Å². The summed E-state index contributed by atoms with van der Waals surface area (Å²) in [6, 6.07) is 0. The van der Waals surface area contributed by atoms with Crippen LogP contribution in [0.5, 0.6) is 0 Å². The number of rotatable bonds is 12. The Balaban J connectivity index is 3.40. The third-order valence-electron chi connectivity index (χ3n) is 3.38. The van der Waals surface area contributed by atoms with Gasteiger partial charge in [0.05, 0.1) is 5.60 Å². The zero-order chi connectivity index (χ0) is 13.9. The number of hydrogen-bond acceptors (Lipinski definition) is 2. The van der Waals surface area contributed by atoms with Gasteiger partial charge in [-0.05, 0) is 25.8 Å². The van der Waals surface area contributed by atoms with E-state index in [1.165, 1.54) is 38.5 Å². The van der Waals surface area contributed by atoms with Crippen LogP contribution in [-0.2, 0) is 0 Å². The third-order valence-corrected chi connectivity index (χ3v) is 3.38. The van der Waals surface area contributed by atoms with Crippen LogP contribution < -0.4 is 5.32 Å². The largest absolute Gasteiger partial charge is 0.389 e. The van der Waals surface area contributed by atoms with Crippen molar-refractivity contribution in [1.29, 1.82) is 0 Å². The summed E-state index contributed by atoms with van der Waals surface area (Å²) in [5, 5.41) is 13.5. The predicted octanol–water partition coefficient (Wildman–Crippen LogP) is 4.12. The number of aliphatic hydroxyl groups is 1. The van der Waals surface area contributed by atoms with Crippen molar-refractivity contribution in [2.24, 2.45) is 5.92 Å². The van der Waals surface area contributed by atoms with Gasteiger partial charge in [0.2, 0.25) is 0 Å². The Morgan fingerprint density at radius 1 is 1.00 bits per heavy atom. The van der Waals surface area contributed by atoms with E-state index in [1.807, 2.05) is 6.92 Å². The van der Waals surface area contributed by atoms with Crippen LogP contribution in [0.25, 0.3) is 0 Å². The zero-order valence-electron chi connectivity index (χ0n) is 13.1. The molecule has 0 fully saturated rings. The Kier molecular flexibility index (Phi) is 10.8. The van der Waals surface area contributed by atoms with Gasteiger partial charge in [-0.25, -0.2) is 0 Å². The van der Waals surface area contributed by atoms with Crippen LogP contribution in [0.4, 0.5) is 0 Å². The van der Waals surface area contributed by atoms with Crippen molar-refractivity contribution in [3.63, 3.8) is 0 Å². The highest BCUT2D eigenvalue weighted by atomic mass is 16.3. The third kappa shape index (κ3) is 12.4. The number of nitrogens with one attached hydrogen (secondary N) is 1. The summed E-state index contributed by atoms with van der Waals surface area (Å²) < 4.78 is 0. The van der Waals surface area contributed by atoms with E-state index >= 15 is 0 Å². The number of unbranched alkanes of at least 4 members (excludes halogenated alkanes) is 6. The molecule has 0 aliphatic heterocycles. The lowest BCUT2D eigenvalue weighted by Gasteiger charge is -2.24. The Morgan fingerprint density at radius 3 is 2.11 bits per heavy atom. The normalized spacial score (nSPS) is 15.0. The van der Waals surface area contributed by atoms with E-state index in [0.29, 0.717) is 5.92 Å². The average Bonchev–Trinajstić information content (AvgIpc) is 2.27. The summed E-state index contributed by atoms with van der Waals surface area (Å²) in [4.78, 5) is 0. The first-order valence-corrected chi connectivity index (χ1v) is 7.91. The maximum absolute atomic E-state index is 10.2. The number of hydrogen-bond donors (Lipinski definition) is 2. The standard InChI is InChI=1S/C16H35NO/c1-5-6-7-8-9-10-11-12-16(4,18)14-17-13-15(2)3/h15,17-18H,5-14H2,1-4H3. The van der Waals surface area contributed by atoms with Crippen molar-refractivity contribution >= 4 is 0 Å². The van der Waals surface area contributed by atoms with Gasteiger partial charge in [-0.3, -0.25) is 0 Å². The molecule has 0 amide bonds. The molecule has 0 saturated heterocycles. The summed E-state index contributed by atoms with van der Waals surface area (Å²) in [5.41, 5.74) is -0.529. The molecule has 0 aliphatic carbocycles. The summed E-state index contributed by atoms with van der Waals surface area (Å²) in [6.07, 6.45) is 10.1. The molecule has 18 heavy (non-hydrogen) atoms. The van der Waals surface area contributed by atoms with E-state index in [-0.39, 0.29) is 0 Å². The minimum atomic E-state index is -0.529. The Labute approximate surface area is 115 Å². The zero-order valence-corrected chi connectivity index (χ0v) is 13.1. The lowest BCUT2D eigenvalue weighted by atomic mass is 9.97. The lowest BCUT2D eigenvalue weighted by Crippen LogP contribution is -2.39. The molecule has 0 aromatic rings. The molecule has 0 aromatic heterocycles. The maximum atomic E-state index is 10.2. The highest BCUT2D eigenvalue weighted by molar-refractivity contribution is 4.75. The molecule has 0 aliphatic rings. The SMILES string of the molecule is CCCCCCCCCC(C)(O)CNCC(C)C. The lowest BCUT2D eigenvalue weighted by molar-refractivity contribution is 0.0475. The second kappa shape index (κ2) is 10.8. The first kappa shape index (κ1) is 17.9. The van der Waals surface area contributed by atoms with Gasteiger partial charge in [0.1, 0.15) is 0 Å². The van der Waals surface area contributed by atoms with E-state index < -0.39 is 5.60 Å². The van der Waals surface area contributed by atoms with Crippen LogP contribution >= 0.6 is 0 Å². The molecule has 2 N–H and O–H groups in total. The first-order chi connectivity index (χ1) is 8.48. The molecule has 0 saturated carbocycles. The van der Waals surface area contributed by atoms with E-state index in [4.69, 9.17) is 0 Å². The van der Waals surface area contributed by atoms with E-state index in [9.17, 15) is 5.11 Å². The molecule has 2 nitrogen and oxygen atoms in total. The van der Waals surface area contributed by atoms with Crippen molar-refractivity contribution in [2.75, 3.05) is 13.1 Å². The van der Waals surface area contributed by atoms with Gasteiger partial charge in [0.25, 0.3) is 0 Å². The highest BCUT2D eigenvalue weighted by Crippen LogP contribution is 2.15. The van der Waals surface area contributed by atoms with Crippen LogP contribution in [-0.4, -0.2) is 23.8 Å². The second-order valence-electron chi connectivity index (χ2n) is 6.39. The van der Waals surface area contributed by atoms with Crippen molar-refractivity contribution in [3.8, 4) is 0 Å². The molecule has 0 rings (SSSR count). The van der Waals surface area contributed by atoms with Crippen molar-refractivity contribution in [1.82, 2.24) is 5.32 Å². The highest BCUT2D eigenvalue weighted by Gasteiger charge is 2.18. The topological polar surface area (TPSA) is 32.3 Å². The molecule has 1 unspecified atom stereocenters. The molecule has 0 spiro atoms. The summed E-state index contributed by atoms with van der Waals surface area (Å²) in [7, 11) is 0. The van der Waals surface area contributed by atoms with Crippen molar-refractivity contribution in [2.45, 2.75) is 84.7 Å².